The molecule has 6 heteroatoms. The van der Waals surface area contributed by atoms with Crippen molar-refractivity contribution in [3.63, 3.8) is 0 Å². The number of amides is 1. The molecule has 0 aliphatic carbocycles. The molecule has 0 atom stereocenters. The van der Waals surface area contributed by atoms with Crippen LogP contribution in [0.5, 0.6) is 0 Å². The summed E-state index contributed by atoms with van der Waals surface area (Å²) < 4.78 is 1.06. The van der Waals surface area contributed by atoms with Crippen molar-refractivity contribution < 1.29 is 4.79 Å². The summed E-state index contributed by atoms with van der Waals surface area (Å²) in [6, 6.07) is 8.20. The highest BCUT2D eigenvalue weighted by Gasteiger charge is 2.28. The average Bonchev–Trinajstić information content (AvgIpc) is 2.50. The van der Waals surface area contributed by atoms with Crippen molar-refractivity contribution in [2.24, 2.45) is 0 Å². The van der Waals surface area contributed by atoms with Gasteiger partial charge in [0.25, 0.3) is 0 Å². The zero-order valence-electron chi connectivity index (χ0n) is 12.1. The van der Waals surface area contributed by atoms with Crippen LogP contribution < -0.4 is 10.2 Å². The highest BCUT2D eigenvalue weighted by atomic mass is 79.9. The van der Waals surface area contributed by atoms with Gasteiger partial charge in [-0.3, -0.25) is 9.78 Å². The third kappa shape index (κ3) is 3.62. The fourth-order valence-corrected chi connectivity index (χ4v) is 2.94. The molecule has 1 saturated heterocycles. The topological polar surface area (TPSA) is 58.1 Å². The first-order chi connectivity index (χ1) is 10.7. The predicted octanol–water partition coefficient (Wildman–Crippen LogP) is 2.18. The van der Waals surface area contributed by atoms with Gasteiger partial charge in [-0.25, -0.2) is 4.98 Å². The minimum Gasteiger partial charge on any atom is -0.351 e. The summed E-state index contributed by atoms with van der Waals surface area (Å²) in [5, 5.41) is 3.06. The van der Waals surface area contributed by atoms with Crippen molar-refractivity contribution in [2.45, 2.75) is 18.9 Å². The van der Waals surface area contributed by atoms with Gasteiger partial charge in [0.05, 0.1) is 12.2 Å². The highest BCUT2D eigenvalue weighted by Crippen LogP contribution is 2.18. The van der Waals surface area contributed by atoms with E-state index in [1.807, 2.05) is 24.3 Å². The Morgan fingerprint density at radius 2 is 2.14 bits per heavy atom. The third-order valence-corrected chi connectivity index (χ3v) is 4.47. The number of hydrogen-bond donors (Lipinski definition) is 1. The van der Waals surface area contributed by atoms with E-state index < -0.39 is 0 Å². The minimum atomic E-state index is 0.0968. The molecule has 2 heterocycles. The number of aromatic nitrogens is 2. The first-order valence-electron chi connectivity index (χ1n) is 7.26. The predicted molar refractivity (Wildman–Crippen MR) is 88.6 cm³/mol. The van der Waals surface area contributed by atoms with Crippen LogP contribution in [0.3, 0.4) is 0 Å². The van der Waals surface area contributed by atoms with Crippen LogP contribution in [0.2, 0.25) is 0 Å². The number of aryl methyl sites for hydroxylation is 1. The summed E-state index contributed by atoms with van der Waals surface area (Å²) in [6.07, 6.45) is 6.33. The molecule has 1 aromatic heterocycles. The summed E-state index contributed by atoms with van der Waals surface area (Å²) in [4.78, 5) is 22.4. The van der Waals surface area contributed by atoms with Gasteiger partial charge in [-0.05, 0) is 18.1 Å². The van der Waals surface area contributed by atoms with E-state index in [-0.39, 0.29) is 11.9 Å². The standard InChI is InChI=1S/C16H17BrN4O/c17-14-4-2-1-3-12(14)5-6-16(22)20-13-10-21(11-13)15-9-18-7-8-19-15/h1-4,7-9,13H,5-6,10-11H2,(H,20,22). The van der Waals surface area contributed by atoms with E-state index in [9.17, 15) is 4.79 Å². The number of benzene rings is 1. The molecule has 0 radical (unpaired) electrons. The van der Waals surface area contributed by atoms with E-state index in [1.54, 1.807) is 18.6 Å². The van der Waals surface area contributed by atoms with E-state index in [4.69, 9.17) is 0 Å². The van der Waals surface area contributed by atoms with Crippen molar-refractivity contribution in [3.8, 4) is 0 Å². The maximum absolute atomic E-state index is 12.0. The number of rotatable bonds is 5. The lowest BCUT2D eigenvalue weighted by atomic mass is 10.1. The quantitative estimate of drug-likeness (QED) is 0.887. The molecule has 0 bridgehead atoms. The lowest BCUT2D eigenvalue weighted by Gasteiger charge is -2.40. The van der Waals surface area contributed by atoms with Crippen LogP contribution in [0.15, 0.2) is 47.3 Å². The van der Waals surface area contributed by atoms with E-state index in [0.29, 0.717) is 6.42 Å². The van der Waals surface area contributed by atoms with Gasteiger partial charge in [0.15, 0.2) is 0 Å². The molecule has 114 valence electrons. The summed E-state index contributed by atoms with van der Waals surface area (Å²) in [7, 11) is 0. The van der Waals surface area contributed by atoms with Crippen molar-refractivity contribution in [3.05, 3.63) is 52.9 Å². The molecule has 1 amide bonds. The molecule has 1 N–H and O–H groups in total. The maximum atomic E-state index is 12.0. The number of halogens is 1. The van der Waals surface area contributed by atoms with Crippen LogP contribution in [-0.2, 0) is 11.2 Å². The number of carbonyl (C=O) groups excluding carboxylic acids is 1. The van der Waals surface area contributed by atoms with Crippen LogP contribution >= 0.6 is 15.9 Å². The number of nitrogens with zero attached hydrogens (tertiary/aromatic N) is 3. The summed E-state index contributed by atoms with van der Waals surface area (Å²) >= 11 is 3.50. The molecule has 0 saturated carbocycles. The van der Waals surface area contributed by atoms with Gasteiger partial charge in [-0.1, -0.05) is 34.1 Å². The lowest BCUT2D eigenvalue weighted by Crippen LogP contribution is -2.59. The normalized spacial score (nSPS) is 14.5. The Balaban J connectivity index is 1.42. The van der Waals surface area contributed by atoms with Gasteiger partial charge in [0, 0.05) is 36.4 Å². The molecular formula is C16H17BrN4O. The SMILES string of the molecule is O=C(CCc1ccccc1Br)NC1CN(c2cnccn2)C1. The second kappa shape index (κ2) is 6.87. The molecular weight excluding hydrogens is 344 g/mol. The van der Waals surface area contributed by atoms with Crippen molar-refractivity contribution in [2.75, 3.05) is 18.0 Å². The molecule has 1 fully saturated rings. The van der Waals surface area contributed by atoms with Crippen LogP contribution in [0.1, 0.15) is 12.0 Å². The molecule has 0 unspecified atom stereocenters. The Bertz CT molecular complexity index is 644. The molecule has 1 aliphatic rings. The molecule has 1 aliphatic heterocycles. The molecule has 3 rings (SSSR count). The molecule has 5 nitrogen and oxygen atoms in total. The third-order valence-electron chi connectivity index (χ3n) is 3.70. The molecule has 22 heavy (non-hydrogen) atoms. The zero-order chi connectivity index (χ0) is 15.4. The van der Waals surface area contributed by atoms with Crippen LogP contribution in [-0.4, -0.2) is 35.0 Å². The fraction of sp³-hybridized carbons (Fsp3) is 0.312. The van der Waals surface area contributed by atoms with E-state index in [2.05, 4.69) is 36.1 Å². The van der Waals surface area contributed by atoms with E-state index in [0.717, 1.165) is 35.4 Å². The van der Waals surface area contributed by atoms with Crippen molar-refractivity contribution in [1.29, 1.82) is 0 Å². The second-order valence-electron chi connectivity index (χ2n) is 5.32. The van der Waals surface area contributed by atoms with Gasteiger partial charge < -0.3 is 10.2 Å². The second-order valence-corrected chi connectivity index (χ2v) is 6.18. The summed E-state index contributed by atoms with van der Waals surface area (Å²) in [6.45, 7) is 1.58. The first-order valence-corrected chi connectivity index (χ1v) is 8.05. The first kappa shape index (κ1) is 15.0. The van der Waals surface area contributed by atoms with Crippen molar-refractivity contribution in [1.82, 2.24) is 15.3 Å². The number of hydrogen-bond acceptors (Lipinski definition) is 4. The smallest absolute Gasteiger partial charge is 0.220 e. The number of anilines is 1. The van der Waals surface area contributed by atoms with Gasteiger partial charge in [-0.15, -0.1) is 0 Å². The Hall–Kier alpha value is -1.95. The Morgan fingerprint density at radius 1 is 1.32 bits per heavy atom. The monoisotopic (exact) mass is 360 g/mol. The molecule has 2 aromatic rings. The van der Waals surface area contributed by atoms with Gasteiger partial charge in [-0.2, -0.15) is 0 Å². The average molecular weight is 361 g/mol. The Kier molecular flexibility index (Phi) is 4.68. The van der Waals surface area contributed by atoms with Crippen molar-refractivity contribution >= 4 is 27.7 Å². The Morgan fingerprint density at radius 3 is 2.86 bits per heavy atom. The largest absolute Gasteiger partial charge is 0.351 e. The van der Waals surface area contributed by atoms with Crippen LogP contribution in [0.4, 0.5) is 5.82 Å². The summed E-state index contributed by atoms with van der Waals surface area (Å²) in [5.74, 6) is 0.959. The van der Waals surface area contributed by atoms with Gasteiger partial charge >= 0.3 is 0 Å². The molecule has 0 spiro atoms. The number of nitrogens with one attached hydrogen (secondary N) is 1. The lowest BCUT2D eigenvalue weighted by molar-refractivity contribution is -0.121. The van der Waals surface area contributed by atoms with Gasteiger partial charge in [0.1, 0.15) is 5.82 Å². The fourth-order valence-electron chi connectivity index (χ4n) is 2.46. The van der Waals surface area contributed by atoms with Gasteiger partial charge in [0.2, 0.25) is 5.91 Å². The van der Waals surface area contributed by atoms with Crippen LogP contribution in [0.25, 0.3) is 0 Å². The number of carbonyl (C=O) groups is 1. The molecule has 1 aromatic carbocycles. The Labute approximate surface area is 137 Å². The van der Waals surface area contributed by atoms with E-state index >= 15 is 0 Å². The summed E-state index contributed by atoms with van der Waals surface area (Å²) in [5.41, 5.74) is 1.16. The minimum absolute atomic E-state index is 0.0968. The van der Waals surface area contributed by atoms with Crippen LogP contribution in [0, 0.1) is 0 Å². The maximum Gasteiger partial charge on any atom is 0.220 e. The zero-order valence-corrected chi connectivity index (χ0v) is 13.7. The van der Waals surface area contributed by atoms with E-state index in [1.165, 1.54) is 0 Å². The highest BCUT2D eigenvalue weighted by molar-refractivity contribution is 9.10.